The summed E-state index contributed by atoms with van der Waals surface area (Å²) in [6.45, 7) is 6.06. The van der Waals surface area contributed by atoms with E-state index in [1.54, 1.807) is 0 Å². The smallest absolute Gasteiger partial charge is 0.191 e. The minimum absolute atomic E-state index is 0.334. The van der Waals surface area contributed by atoms with Crippen molar-refractivity contribution in [1.29, 1.82) is 0 Å². The minimum Gasteiger partial charge on any atom is -0.379 e. The second kappa shape index (κ2) is 11.3. The van der Waals surface area contributed by atoms with Gasteiger partial charge in [-0.25, -0.2) is 0 Å². The molecule has 3 rings (SSSR count). The number of hydrogen-bond donors (Lipinski definition) is 2. The van der Waals surface area contributed by atoms with Crippen LogP contribution in [0.3, 0.4) is 0 Å². The highest BCUT2D eigenvalue weighted by atomic mass is 32.1. The number of guanidine groups is 1. The van der Waals surface area contributed by atoms with E-state index < -0.39 is 0 Å². The molecular weight excluding hydrogens is 382 g/mol. The van der Waals surface area contributed by atoms with E-state index in [2.05, 4.69) is 81.3 Å². The van der Waals surface area contributed by atoms with Crippen LogP contribution in [0.5, 0.6) is 0 Å². The lowest BCUT2D eigenvalue weighted by atomic mass is 10.1. The number of nitrogens with one attached hydrogen (secondary N) is 2. The summed E-state index contributed by atoms with van der Waals surface area (Å²) in [5.41, 5.74) is 2.58. The number of thiophene rings is 1. The molecule has 1 aromatic carbocycles. The van der Waals surface area contributed by atoms with Crippen LogP contribution in [0, 0.1) is 0 Å². The summed E-state index contributed by atoms with van der Waals surface area (Å²) in [7, 11) is 6.01. The average molecular weight is 416 g/mol. The summed E-state index contributed by atoms with van der Waals surface area (Å²) in [4.78, 5) is 10.5. The molecule has 0 aliphatic carbocycles. The van der Waals surface area contributed by atoms with Gasteiger partial charge in [-0.1, -0.05) is 30.3 Å². The number of rotatable bonds is 8. The fraction of sp³-hybridized carbons (Fsp3) is 0.500. The Morgan fingerprint density at radius 3 is 2.66 bits per heavy atom. The van der Waals surface area contributed by atoms with Crippen LogP contribution in [-0.2, 0) is 17.8 Å². The Balaban J connectivity index is 1.56. The summed E-state index contributed by atoms with van der Waals surface area (Å²) >= 11 is 1.81. The standard InChI is InChI=1S/C22H33N5OS/c1-23-22(24-15-18-6-4-7-19(14-18)17-26(2)3)25-16-20(21-8-5-13-29-21)27-9-11-28-12-10-27/h4-8,13-14,20H,9-12,15-17H2,1-3H3,(H2,23,24,25). The van der Waals surface area contributed by atoms with E-state index in [1.165, 1.54) is 16.0 Å². The van der Waals surface area contributed by atoms with Crippen molar-refractivity contribution in [2.75, 3.05) is 54.0 Å². The largest absolute Gasteiger partial charge is 0.379 e. The van der Waals surface area contributed by atoms with Crippen LogP contribution in [0.4, 0.5) is 0 Å². The van der Waals surface area contributed by atoms with Crippen molar-refractivity contribution in [3.8, 4) is 0 Å². The number of morpholine rings is 1. The molecule has 7 heteroatoms. The van der Waals surface area contributed by atoms with E-state index in [1.807, 2.05) is 18.4 Å². The lowest BCUT2D eigenvalue weighted by Gasteiger charge is -2.34. The summed E-state index contributed by atoms with van der Waals surface area (Å²) < 4.78 is 5.54. The molecule has 1 aliphatic heterocycles. The van der Waals surface area contributed by atoms with E-state index in [4.69, 9.17) is 4.74 Å². The molecule has 2 aromatic rings. The zero-order valence-electron chi connectivity index (χ0n) is 17.7. The molecule has 0 spiro atoms. The van der Waals surface area contributed by atoms with Gasteiger partial charge < -0.3 is 20.3 Å². The van der Waals surface area contributed by atoms with Gasteiger partial charge in [0.2, 0.25) is 0 Å². The third-order valence-electron chi connectivity index (χ3n) is 4.99. The van der Waals surface area contributed by atoms with Crippen molar-refractivity contribution in [1.82, 2.24) is 20.4 Å². The predicted octanol–water partition coefficient (Wildman–Crippen LogP) is 2.55. The summed E-state index contributed by atoms with van der Waals surface area (Å²) in [5.74, 6) is 0.831. The number of ether oxygens (including phenoxy) is 1. The summed E-state index contributed by atoms with van der Waals surface area (Å²) in [5, 5.41) is 9.13. The van der Waals surface area contributed by atoms with Crippen molar-refractivity contribution in [3.05, 3.63) is 57.8 Å². The van der Waals surface area contributed by atoms with Crippen LogP contribution >= 0.6 is 11.3 Å². The van der Waals surface area contributed by atoms with Crippen molar-refractivity contribution in [3.63, 3.8) is 0 Å². The Hall–Kier alpha value is -1.93. The highest BCUT2D eigenvalue weighted by Gasteiger charge is 2.23. The van der Waals surface area contributed by atoms with Gasteiger partial charge in [0.1, 0.15) is 0 Å². The van der Waals surface area contributed by atoms with Crippen LogP contribution in [0.2, 0.25) is 0 Å². The van der Waals surface area contributed by atoms with Gasteiger partial charge in [0.15, 0.2) is 5.96 Å². The maximum Gasteiger partial charge on any atom is 0.191 e. The van der Waals surface area contributed by atoms with E-state index in [0.29, 0.717) is 6.04 Å². The predicted molar refractivity (Wildman–Crippen MR) is 121 cm³/mol. The Labute approximate surface area is 178 Å². The third-order valence-corrected chi connectivity index (χ3v) is 5.97. The number of hydrogen-bond acceptors (Lipinski definition) is 5. The minimum atomic E-state index is 0.334. The molecule has 1 atom stereocenters. The molecule has 0 saturated carbocycles. The molecule has 29 heavy (non-hydrogen) atoms. The SMILES string of the molecule is CN=C(NCc1cccc(CN(C)C)c1)NCC(c1cccs1)N1CCOCC1. The maximum absolute atomic E-state index is 5.54. The lowest BCUT2D eigenvalue weighted by molar-refractivity contribution is 0.0177. The Morgan fingerprint density at radius 1 is 1.17 bits per heavy atom. The molecule has 158 valence electrons. The second-order valence-electron chi connectivity index (χ2n) is 7.54. The quantitative estimate of drug-likeness (QED) is 0.513. The lowest BCUT2D eigenvalue weighted by Crippen LogP contribution is -2.46. The van der Waals surface area contributed by atoms with Crippen LogP contribution < -0.4 is 10.6 Å². The number of benzene rings is 1. The van der Waals surface area contributed by atoms with E-state index in [0.717, 1.165) is 51.9 Å². The first-order valence-electron chi connectivity index (χ1n) is 10.2. The molecule has 1 aliphatic rings. The zero-order valence-corrected chi connectivity index (χ0v) is 18.5. The highest BCUT2D eigenvalue weighted by molar-refractivity contribution is 7.10. The monoisotopic (exact) mass is 415 g/mol. The first kappa shape index (κ1) is 21.8. The number of nitrogens with zero attached hydrogens (tertiary/aromatic N) is 3. The molecule has 1 aromatic heterocycles. The Kier molecular flexibility index (Phi) is 8.49. The molecule has 2 heterocycles. The molecule has 1 unspecified atom stereocenters. The Morgan fingerprint density at radius 2 is 1.97 bits per heavy atom. The van der Waals surface area contributed by atoms with E-state index >= 15 is 0 Å². The fourth-order valence-electron chi connectivity index (χ4n) is 3.58. The average Bonchev–Trinajstić information content (AvgIpc) is 3.25. The molecule has 0 amide bonds. The van der Waals surface area contributed by atoms with Gasteiger partial charge in [0.05, 0.1) is 19.3 Å². The number of aliphatic imine (C=N–C) groups is 1. The van der Waals surface area contributed by atoms with Gasteiger partial charge in [-0.2, -0.15) is 0 Å². The zero-order chi connectivity index (χ0) is 20.5. The van der Waals surface area contributed by atoms with Crippen LogP contribution in [0.1, 0.15) is 22.0 Å². The van der Waals surface area contributed by atoms with Crippen molar-refractivity contribution in [2.45, 2.75) is 19.1 Å². The normalized spacial score (nSPS) is 16.8. The van der Waals surface area contributed by atoms with Gasteiger partial charge in [-0.3, -0.25) is 9.89 Å². The first-order valence-corrected chi connectivity index (χ1v) is 11.1. The third kappa shape index (κ3) is 6.82. The molecule has 1 saturated heterocycles. The fourth-order valence-corrected chi connectivity index (χ4v) is 4.44. The van der Waals surface area contributed by atoms with E-state index in [9.17, 15) is 0 Å². The first-order chi connectivity index (χ1) is 14.2. The highest BCUT2D eigenvalue weighted by Crippen LogP contribution is 2.25. The van der Waals surface area contributed by atoms with Crippen LogP contribution in [-0.4, -0.2) is 69.8 Å². The molecule has 6 nitrogen and oxygen atoms in total. The molecule has 0 bridgehead atoms. The molecule has 0 radical (unpaired) electrons. The van der Waals surface area contributed by atoms with Crippen molar-refractivity contribution in [2.24, 2.45) is 4.99 Å². The second-order valence-corrected chi connectivity index (χ2v) is 8.52. The maximum atomic E-state index is 5.54. The van der Waals surface area contributed by atoms with Crippen LogP contribution in [0.15, 0.2) is 46.8 Å². The van der Waals surface area contributed by atoms with Crippen molar-refractivity contribution < 1.29 is 4.74 Å². The topological polar surface area (TPSA) is 52.1 Å². The van der Waals surface area contributed by atoms with Gasteiger partial charge in [0, 0.05) is 44.6 Å². The van der Waals surface area contributed by atoms with Crippen molar-refractivity contribution >= 4 is 17.3 Å². The van der Waals surface area contributed by atoms with Gasteiger partial charge in [0.25, 0.3) is 0 Å². The van der Waals surface area contributed by atoms with Gasteiger partial charge in [-0.15, -0.1) is 11.3 Å². The van der Waals surface area contributed by atoms with Gasteiger partial charge in [-0.05, 0) is 36.7 Å². The van der Waals surface area contributed by atoms with E-state index in [-0.39, 0.29) is 0 Å². The molecule has 1 fully saturated rings. The van der Waals surface area contributed by atoms with Gasteiger partial charge >= 0.3 is 0 Å². The Bertz CT molecular complexity index is 756. The summed E-state index contributed by atoms with van der Waals surface area (Å²) in [6.07, 6.45) is 0. The van der Waals surface area contributed by atoms with Crippen LogP contribution in [0.25, 0.3) is 0 Å². The molecule has 2 N–H and O–H groups in total. The summed E-state index contributed by atoms with van der Waals surface area (Å²) in [6, 6.07) is 13.4. The molecular formula is C22H33N5OS.